The SMILES string of the molecule is CCCCc1cc(C(=O)C=CC(=O)N2CCC(N3CCN(CC)CC3)CC2)c(OC)cc1OCC. The third-order valence-electron chi connectivity index (χ3n) is 7.27. The molecule has 2 heterocycles. The molecule has 1 aromatic rings. The predicted molar refractivity (Wildman–Crippen MR) is 140 cm³/mol. The van der Waals surface area contributed by atoms with E-state index in [1.54, 1.807) is 13.2 Å². The number of hydrogen-bond donors (Lipinski definition) is 0. The van der Waals surface area contributed by atoms with E-state index in [0.29, 0.717) is 24.0 Å². The quantitative estimate of drug-likeness (QED) is 0.351. The molecule has 1 amide bonds. The number of benzene rings is 1. The average molecular weight is 486 g/mol. The number of piperazine rings is 1. The van der Waals surface area contributed by atoms with Crippen molar-refractivity contribution in [1.82, 2.24) is 14.7 Å². The molecular weight excluding hydrogens is 442 g/mol. The number of nitrogens with zero attached hydrogens (tertiary/aromatic N) is 3. The smallest absolute Gasteiger partial charge is 0.246 e. The molecule has 2 aliphatic heterocycles. The number of ether oxygens (including phenoxy) is 2. The summed E-state index contributed by atoms with van der Waals surface area (Å²) in [5.74, 6) is 0.913. The zero-order valence-corrected chi connectivity index (χ0v) is 22.1. The van der Waals surface area contributed by atoms with Gasteiger partial charge in [0.1, 0.15) is 11.5 Å². The van der Waals surface area contributed by atoms with Crippen LogP contribution in [0.1, 0.15) is 62.4 Å². The van der Waals surface area contributed by atoms with Gasteiger partial charge in [0.2, 0.25) is 5.91 Å². The number of hydrogen-bond acceptors (Lipinski definition) is 6. The third kappa shape index (κ3) is 7.31. The molecule has 7 nitrogen and oxygen atoms in total. The van der Waals surface area contributed by atoms with Crippen LogP contribution in [0, 0.1) is 0 Å². The van der Waals surface area contributed by atoms with Crippen LogP contribution in [-0.4, -0.2) is 92.0 Å². The number of unbranched alkanes of at least 4 members (excludes halogenated alkanes) is 1. The summed E-state index contributed by atoms with van der Waals surface area (Å²) in [6, 6.07) is 4.21. The van der Waals surface area contributed by atoms with E-state index in [1.165, 1.54) is 12.2 Å². The van der Waals surface area contributed by atoms with E-state index in [1.807, 2.05) is 17.9 Å². The van der Waals surface area contributed by atoms with E-state index in [-0.39, 0.29) is 11.7 Å². The number of likely N-dealkylation sites (N-methyl/N-ethyl adjacent to an activating group) is 1. The molecule has 3 rings (SSSR count). The van der Waals surface area contributed by atoms with Gasteiger partial charge in [-0.2, -0.15) is 0 Å². The largest absolute Gasteiger partial charge is 0.496 e. The van der Waals surface area contributed by atoms with Gasteiger partial charge >= 0.3 is 0 Å². The summed E-state index contributed by atoms with van der Waals surface area (Å²) in [6.07, 6.45) is 7.70. The topological polar surface area (TPSA) is 62.3 Å². The number of allylic oxidation sites excluding steroid dienone is 1. The van der Waals surface area contributed by atoms with Crippen molar-refractivity contribution < 1.29 is 19.1 Å². The Bertz CT molecular complexity index is 869. The second-order valence-electron chi connectivity index (χ2n) is 9.42. The predicted octanol–water partition coefficient (Wildman–Crippen LogP) is 3.80. The Labute approximate surface area is 211 Å². The minimum atomic E-state index is -0.223. The fourth-order valence-electron chi connectivity index (χ4n) is 5.06. The van der Waals surface area contributed by atoms with Crippen LogP contribution in [-0.2, 0) is 11.2 Å². The number of piperidine rings is 1. The van der Waals surface area contributed by atoms with Crippen molar-refractivity contribution in [2.45, 2.75) is 58.9 Å². The molecule has 2 fully saturated rings. The number of aryl methyl sites for hydroxylation is 1. The molecular formula is C28H43N3O4. The Morgan fingerprint density at radius 2 is 1.69 bits per heavy atom. The van der Waals surface area contributed by atoms with Crippen LogP contribution in [0.2, 0.25) is 0 Å². The number of carbonyl (C=O) groups excluding carboxylic acids is 2. The zero-order chi connectivity index (χ0) is 25.2. The van der Waals surface area contributed by atoms with E-state index in [9.17, 15) is 9.59 Å². The van der Waals surface area contributed by atoms with Crippen molar-refractivity contribution in [2.24, 2.45) is 0 Å². The average Bonchev–Trinajstić information content (AvgIpc) is 2.90. The molecule has 1 aromatic carbocycles. The maximum Gasteiger partial charge on any atom is 0.246 e. The van der Waals surface area contributed by atoms with Gasteiger partial charge in [-0.25, -0.2) is 0 Å². The van der Waals surface area contributed by atoms with Gasteiger partial charge in [0.15, 0.2) is 5.78 Å². The molecule has 0 atom stereocenters. The molecule has 0 aromatic heterocycles. The highest BCUT2D eigenvalue weighted by Gasteiger charge is 2.28. The molecule has 0 N–H and O–H groups in total. The highest BCUT2D eigenvalue weighted by Crippen LogP contribution is 2.31. The summed E-state index contributed by atoms with van der Waals surface area (Å²) in [5.41, 5.74) is 1.47. The van der Waals surface area contributed by atoms with Crippen LogP contribution in [0.3, 0.4) is 0 Å². The molecule has 0 saturated carbocycles. The molecule has 0 spiro atoms. The Kier molecular flexibility index (Phi) is 10.6. The lowest BCUT2D eigenvalue weighted by Gasteiger charge is -2.42. The number of carbonyl (C=O) groups is 2. The van der Waals surface area contributed by atoms with Crippen LogP contribution in [0.4, 0.5) is 0 Å². The Morgan fingerprint density at radius 3 is 2.29 bits per heavy atom. The Morgan fingerprint density at radius 1 is 0.971 bits per heavy atom. The first-order valence-electron chi connectivity index (χ1n) is 13.3. The van der Waals surface area contributed by atoms with Crippen molar-refractivity contribution in [2.75, 3.05) is 59.5 Å². The Balaban J connectivity index is 1.59. The van der Waals surface area contributed by atoms with E-state index in [2.05, 4.69) is 23.6 Å². The van der Waals surface area contributed by atoms with Crippen molar-refractivity contribution in [3.63, 3.8) is 0 Å². The van der Waals surface area contributed by atoms with E-state index < -0.39 is 0 Å². The normalized spacial score (nSPS) is 18.2. The fourth-order valence-corrected chi connectivity index (χ4v) is 5.06. The van der Waals surface area contributed by atoms with E-state index in [0.717, 1.165) is 89.2 Å². The van der Waals surface area contributed by atoms with Crippen LogP contribution >= 0.6 is 0 Å². The second-order valence-corrected chi connectivity index (χ2v) is 9.42. The molecule has 35 heavy (non-hydrogen) atoms. The highest BCUT2D eigenvalue weighted by molar-refractivity contribution is 6.09. The molecule has 7 heteroatoms. The summed E-state index contributed by atoms with van der Waals surface area (Å²) in [7, 11) is 1.55. The van der Waals surface area contributed by atoms with Gasteiger partial charge in [0.25, 0.3) is 0 Å². The molecule has 194 valence electrons. The summed E-state index contributed by atoms with van der Waals surface area (Å²) in [4.78, 5) is 32.8. The maximum atomic E-state index is 13.0. The number of likely N-dealkylation sites (tertiary alicyclic amines) is 1. The minimum Gasteiger partial charge on any atom is -0.496 e. The van der Waals surface area contributed by atoms with E-state index >= 15 is 0 Å². The summed E-state index contributed by atoms with van der Waals surface area (Å²) in [5, 5.41) is 0. The van der Waals surface area contributed by atoms with Crippen molar-refractivity contribution in [3.05, 3.63) is 35.4 Å². The van der Waals surface area contributed by atoms with Crippen molar-refractivity contribution in [1.29, 1.82) is 0 Å². The van der Waals surface area contributed by atoms with Gasteiger partial charge in [0, 0.05) is 57.5 Å². The third-order valence-corrected chi connectivity index (χ3v) is 7.27. The zero-order valence-electron chi connectivity index (χ0n) is 22.1. The van der Waals surface area contributed by atoms with Crippen LogP contribution < -0.4 is 9.47 Å². The first-order valence-corrected chi connectivity index (χ1v) is 13.3. The number of amides is 1. The van der Waals surface area contributed by atoms with Crippen LogP contribution in [0.25, 0.3) is 0 Å². The molecule has 0 radical (unpaired) electrons. The fraction of sp³-hybridized carbons (Fsp3) is 0.643. The lowest BCUT2D eigenvalue weighted by Crippen LogP contribution is -2.53. The number of ketones is 1. The lowest BCUT2D eigenvalue weighted by molar-refractivity contribution is -0.127. The molecule has 2 saturated heterocycles. The molecule has 0 aliphatic carbocycles. The monoisotopic (exact) mass is 485 g/mol. The van der Waals surface area contributed by atoms with Gasteiger partial charge in [-0.15, -0.1) is 0 Å². The second kappa shape index (κ2) is 13.6. The number of methoxy groups -OCH3 is 1. The molecule has 2 aliphatic rings. The van der Waals surface area contributed by atoms with Gasteiger partial charge in [-0.3, -0.25) is 14.5 Å². The minimum absolute atomic E-state index is 0.0938. The van der Waals surface area contributed by atoms with Gasteiger partial charge in [0.05, 0.1) is 19.3 Å². The molecule has 0 unspecified atom stereocenters. The van der Waals surface area contributed by atoms with Crippen molar-refractivity contribution >= 4 is 11.7 Å². The summed E-state index contributed by atoms with van der Waals surface area (Å²) in [6.45, 7) is 14.0. The lowest BCUT2D eigenvalue weighted by atomic mass is 10.00. The number of rotatable bonds is 11. The highest BCUT2D eigenvalue weighted by atomic mass is 16.5. The van der Waals surface area contributed by atoms with Gasteiger partial charge in [-0.05, 0) is 56.9 Å². The maximum absolute atomic E-state index is 13.0. The van der Waals surface area contributed by atoms with Crippen molar-refractivity contribution in [3.8, 4) is 11.5 Å². The van der Waals surface area contributed by atoms with E-state index in [4.69, 9.17) is 9.47 Å². The Hall–Kier alpha value is -2.38. The summed E-state index contributed by atoms with van der Waals surface area (Å²) >= 11 is 0. The first kappa shape index (κ1) is 27.2. The van der Waals surface area contributed by atoms with Crippen LogP contribution in [0.5, 0.6) is 11.5 Å². The van der Waals surface area contributed by atoms with Gasteiger partial charge in [-0.1, -0.05) is 20.3 Å². The molecule has 0 bridgehead atoms. The van der Waals surface area contributed by atoms with Gasteiger partial charge < -0.3 is 19.3 Å². The van der Waals surface area contributed by atoms with Crippen LogP contribution in [0.15, 0.2) is 24.3 Å². The first-order chi connectivity index (χ1) is 17.0. The summed E-state index contributed by atoms with van der Waals surface area (Å²) < 4.78 is 11.3. The standard InChI is InChI=1S/C28H43N3O4/c1-5-8-9-22-20-24(27(34-4)21-26(22)35-7-3)25(32)10-11-28(33)31-14-12-23(13-15-31)30-18-16-29(6-2)17-19-30/h10-11,20-21,23H,5-9,12-19H2,1-4H3.